The lowest BCUT2D eigenvalue weighted by Crippen LogP contribution is -2.52. The maximum atomic E-state index is 13.6. The van der Waals surface area contributed by atoms with Crippen molar-refractivity contribution in [2.24, 2.45) is 11.8 Å². The Kier molecular flexibility index (Phi) is 8.14. The van der Waals surface area contributed by atoms with E-state index in [1.165, 1.54) is 36.4 Å². The molecule has 1 saturated carbocycles. The van der Waals surface area contributed by atoms with Crippen molar-refractivity contribution < 1.29 is 28.7 Å². The number of nitrogens with zero attached hydrogens (tertiary/aromatic N) is 2. The van der Waals surface area contributed by atoms with Crippen molar-refractivity contribution in [3.63, 3.8) is 0 Å². The molecule has 1 aliphatic carbocycles. The van der Waals surface area contributed by atoms with E-state index in [1.807, 2.05) is 0 Å². The molecule has 0 unspecified atom stereocenters. The van der Waals surface area contributed by atoms with Gasteiger partial charge >= 0.3 is 5.97 Å². The quantitative estimate of drug-likeness (QED) is 0.144. The Morgan fingerprint density at radius 1 is 0.850 bits per heavy atom. The summed E-state index contributed by atoms with van der Waals surface area (Å²) < 4.78 is 6.21. The van der Waals surface area contributed by atoms with Crippen molar-refractivity contribution in [1.82, 2.24) is 10.0 Å². The molecule has 0 radical (unpaired) electrons. The normalized spacial score (nSPS) is 18.3. The number of benzene rings is 3. The molecule has 0 N–H and O–H groups in total. The monoisotopic (exact) mass is 622 g/mol. The van der Waals surface area contributed by atoms with E-state index in [4.69, 9.17) is 16.3 Å². The average Bonchev–Trinajstić information content (AvgIpc) is 3.21. The number of hydrogen-bond donors (Lipinski definition) is 0. The number of hydrazine groups is 1. The molecule has 2 aliphatic rings. The first kappa shape index (κ1) is 27.7. The molecule has 2 fully saturated rings. The highest BCUT2D eigenvalue weighted by molar-refractivity contribution is 9.10. The SMILES string of the molecule is O=C(CN(C(=O)c1ccccc1Cl)N1C(=O)[C@@H]2CCCC[C@H]2C1=O)c1ccc(OC(=O)c2ccc(Br)cc2)cc1. The fourth-order valence-electron chi connectivity index (χ4n) is 5.08. The highest BCUT2D eigenvalue weighted by atomic mass is 79.9. The first-order valence-electron chi connectivity index (χ1n) is 12.8. The summed E-state index contributed by atoms with van der Waals surface area (Å²) in [5.74, 6) is -3.52. The van der Waals surface area contributed by atoms with Gasteiger partial charge in [-0.05, 0) is 73.5 Å². The van der Waals surface area contributed by atoms with Gasteiger partial charge in [0.25, 0.3) is 17.7 Å². The zero-order valence-corrected chi connectivity index (χ0v) is 23.6. The van der Waals surface area contributed by atoms with Gasteiger partial charge in [-0.3, -0.25) is 19.2 Å². The van der Waals surface area contributed by atoms with Crippen molar-refractivity contribution in [3.05, 3.63) is 99.0 Å². The lowest BCUT2D eigenvalue weighted by Gasteiger charge is -2.30. The van der Waals surface area contributed by atoms with Gasteiger partial charge in [0.1, 0.15) is 12.3 Å². The summed E-state index contributed by atoms with van der Waals surface area (Å²) in [6.45, 7) is -0.557. The molecular weight excluding hydrogens is 600 g/mol. The van der Waals surface area contributed by atoms with E-state index in [2.05, 4.69) is 15.9 Å². The Balaban J connectivity index is 1.37. The number of halogens is 2. The van der Waals surface area contributed by atoms with Gasteiger partial charge in [-0.2, -0.15) is 5.01 Å². The molecule has 8 nitrogen and oxygen atoms in total. The second-order valence-corrected chi connectivity index (χ2v) is 11.0. The third kappa shape index (κ3) is 5.57. The minimum Gasteiger partial charge on any atom is -0.423 e. The van der Waals surface area contributed by atoms with Crippen molar-refractivity contribution in [2.45, 2.75) is 25.7 Å². The summed E-state index contributed by atoms with van der Waals surface area (Å²) in [6, 6.07) is 18.8. The van der Waals surface area contributed by atoms with Crippen LogP contribution in [0.1, 0.15) is 56.8 Å². The summed E-state index contributed by atoms with van der Waals surface area (Å²) in [6.07, 6.45) is 2.77. The van der Waals surface area contributed by atoms with Gasteiger partial charge in [-0.25, -0.2) is 9.80 Å². The number of Topliss-reactive ketones (excluding diaryl/α,β-unsaturated/α-hetero) is 1. The molecular formula is C30H24BrClN2O6. The van der Waals surface area contributed by atoms with Crippen LogP contribution in [0.4, 0.5) is 0 Å². The van der Waals surface area contributed by atoms with Crippen LogP contribution in [-0.4, -0.2) is 46.0 Å². The molecule has 0 aromatic heterocycles. The molecule has 1 aliphatic heterocycles. The van der Waals surface area contributed by atoms with E-state index in [0.29, 0.717) is 18.4 Å². The summed E-state index contributed by atoms with van der Waals surface area (Å²) in [4.78, 5) is 66.1. The summed E-state index contributed by atoms with van der Waals surface area (Å²) in [7, 11) is 0. The molecule has 0 bridgehead atoms. The standard InChI is InChI=1S/C30H24BrClN2O6/c31-20-13-9-19(10-14-20)30(39)40-21-15-11-18(12-16-21)26(35)17-33(27(36)24-7-3-4-8-25(24)32)34-28(37)22-5-1-2-6-23(22)29(34)38/h3-4,7-16,22-23H,1-2,5-6,17H2/t22-,23-/m1/s1. The highest BCUT2D eigenvalue weighted by Crippen LogP contribution is 2.39. The number of rotatable bonds is 7. The Morgan fingerprint density at radius 3 is 2.02 bits per heavy atom. The van der Waals surface area contributed by atoms with Crippen LogP contribution in [0.5, 0.6) is 5.75 Å². The zero-order chi connectivity index (χ0) is 28.4. The predicted octanol–water partition coefficient (Wildman–Crippen LogP) is 5.74. The number of amides is 3. The molecule has 0 spiro atoms. The van der Waals surface area contributed by atoms with Crippen molar-refractivity contribution in [2.75, 3.05) is 6.54 Å². The molecule has 3 aromatic carbocycles. The van der Waals surface area contributed by atoms with Crippen LogP contribution in [0.3, 0.4) is 0 Å². The second-order valence-electron chi connectivity index (χ2n) is 9.67. The van der Waals surface area contributed by atoms with Crippen LogP contribution in [-0.2, 0) is 9.59 Å². The Hall–Kier alpha value is -3.82. The predicted molar refractivity (Wildman–Crippen MR) is 150 cm³/mol. The Labute approximate surface area is 243 Å². The molecule has 1 saturated heterocycles. The number of fused-ring (bicyclic) bond motifs is 1. The minimum absolute atomic E-state index is 0.0719. The van der Waals surface area contributed by atoms with Crippen LogP contribution in [0.2, 0.25) is 5.02 Å². The van der Waals surface area contributed by atoms with Gasteiger partial charge < -0.3 is 4.74 Å². The number of ketones is 1. The first-order chi connectivity index (χ1) is 19.2. The average molecular weight is 624 g/mol. The summed E-state index contributed by atoms with van der Waals surface area (Å²) >= 11 is 9.58. The van der Waals surface area contributed by atoms with E-state index in [1.54, 1.807) is 36.4 Å². The largest absolute Gasteiger partial charge is 0.423 e. The molecule has 3 aromatic rings. The number of carbonyl (C=O) groups is 5. The van der Waals surface area contributed by atoms with Crippen LogP contribution >= 0.6 is 27.5 Å². The van der Waals surface area contributed by atoms with Crippen molar-refractivity contribution in [3.8, 4) is 5.75 Å². The van der Waals surface area contributed by atoms with Crippen molar-refractivity contribution >= 4 is 57.0 Å². The fraction of sp³-hybridized carbons (Fsp3) is 0.233. The van der Waals surface area contributed by atoms with Gasteiger partial charge in [0.2, 0.25) is 0 Å². The van der Waals surface area contributed by atoms with Gasteiger partial charge in [0.15, 0.2) is 5.78 Å². The van der Waals surface area contributed by atoms with Gasteiger partial charge in [-0.15, -0.1) is 0 Å². The van der Waals surface area contributed by atoms with E-state index < -0.39 is 47.9 Å². The molecule has 10 heteroatoms. The van der Waals surface area contributed by atoms with E-state index in [0.717, 1.165) is 27.3 Å². The van der Waals surface area contributed by atoms with Crippen LogP contribution in [0.15, 0.2) is 77.3 Å². The molecule has 1 heterocycles. The maximum absolute atomic E-state index is 13.6. The Bertz CT molecular complexity index is 1470. The lowest BCUT2D eigenvalue weighted by atomic mass is 9.81. The molecule has 40 heavy (non-hydrogen) atoms. The third-order valence-corrected chi connectivity index (χ3v) is 8.02. The molecule has 204 valence electrons. The minimum atomic E-state index is -0.723. The van der Waals surface area contributed by atoms with Gasteiger partial charge in [-0.1, -0.05) is 52.5 Å². The zero-order valence-electron chi connectivity index (χ0n) is 21.2. The van der Waals surface area contributed by atoms with E-state index in [9.17, 15) is 24.0 Å². The fourth-order valence-corrected chi connectivity index (χ4v) is 5.56. The van der Waals surface area contributed by atoms with Crippen LogP contribution in [0.25, 0.3) is 0 Å². The molecule has 5 rings (SSSR count). The van der Waals surface area contributed by atoms with Crippen LogP contribution < -0.4 is 4.74 Å². The van der Waals surface area contributed by atoms with E-state index in [-0.39, 0.29) is 21.9 Å². The van der Waals surface area contributed by atoms with Crippen molar-refractivity contribution in [1.29, 1.82) is 0 Å². The number of carbonyl (C=O) groups excluding carboxylic acids is 5. The summed E-state index contributed by atoms with van der Waals surface area (Å²) in [5, 5.41) is 1.89. The highest BCUT2D eigenvalue weighted by Gasteiger charge is 2.52. The number of esters is 1. The number of imide groups is 1. The third-order valence-electron chi connectivity index (χ3n) is 7.16. The van der Waals surface area contributed by atoms with Crippen LogP contribution in [0, 0.1) is 11.8 Å². The molecule has 2 atom stereocenters. The number of ether oxygens (including phenoxy) is 1. The van der Waals surface area contributed by atoms with Gasteiger partial charge in [0.05, 0.1) is 28.0 Å². The smallest absolute Gasteiger partial charge is 0.343 e. The van der Waals surface area contributed by atoms with E-state index >= 15 is 0 Å². The topological polar surface area (TPSA) is 101 Å². The Morgan fingerprint density at radius 2 is 1.43 bits per heavy atom. The lowest BCUT2D eigenvalue weighted by molar-refractivity contribution is -0.154. The maximum Gasteiger partial charge on any atom is 0.343 e. The first-order valence-corrected chi connectivity index (χ1v) is 14.0. The second kappa shape index (κ2) is 11.7. The number of hydrogen-bond acceptors (Lipinski definition) is 6. The summed E-state index contributed by atoms with van der Waals surface area (Å²) in [5.41, 5.74) is 0.636. The molecule has 3 amide bonds. The van der Waals surface area contributed by atoms with Gasteiger partial charge in [0, 0.05) is 10.0 Å².